The minimum atomic E-state index is -3.77. The van der Waals surface area contributed by atoms with Crippen LogP contribution in [0.2, 0.25) is 0 Å². The number of halogens is 1. The summed E-state index contributed by atoms with van der Waals surface area (Å²) in [7, 11) is -3.77. The molecule has 7 heteroatoms. The zero-order valence-electron chi connectivity index (χ0n) is 11.6. The van der Waals surface area contributed by atoms with Crippen LogP contribution in [0.4, 0.5) is 4.39 Å². The molecule has 0 aliphatic rings. The molecular weight excluding hydrogens is 305 g/mol. The highest BCUT2D eigenvalue weighted by Gasteiger charge is 2.24. The van der Waals surface area contributed by atoms with E-state index in [1.54, 1.807) is 22.9 Å². The molecule has 2 N–H and O–H groups in total. The third-order valence-corrected chi connectivity index (χ3v) is 5.16. The summed E-state index contributed by atoms with van der Waals surface area (Å²) >= 11 is 0. The Kier molecular flexibility index (Phi) is 3.67. The molecule has 2 heterocycles. The topological polar surface area (TPSA) is 78.0 Å². The summed E-state index contributed by atoms with van der Waals surface area (Å²) in [6, 6.07) is 8.28. The van der Waals surface area contributed by atoms with E-state index in [1.807, 2.05) is 0 Å². The summed E-state index contributed by atoms with van der Waals surface area (Å²) in [4.78, 5) is 4.31. The third kappa shape index (κ3) is 2.38. The highest BCUT2D eigenvalue weighted by molar-refractivity contribution is 7.91. The van der Waals surface area contributed by atoms with Crippen LogP contribution in [-0.2, 0) is 16.4 Å². The van der Waals surface area contributed by atoms with Crippen molar-refractivity contribution in [2.45, 2.75) is 16.3 Å². The lowest BCUT2D eigenvalue weighted by Crippen LogP contribution is -2.08. The summed E-state index contributed by atoms with van der Waals surface area (Å²) in [5.41, 5.74) is 6.66. The van der Waals surface area contributed by atoms with Gasteiger partial charge < -0.3 is 10.3 Å². The normalized spacial score (nSPS) is 11.9. The number of nitrogens with zero attached hydrogens (tertiary/aromatic N) is 2. The lowest BCUT2D eigenvalue weighted by molar-refractivity contribution is 0.594. The van der Waals surface area contributed by atoms with Crippen molar-refractivity contribution in [3.63, 3.8) is 0 Å². The Balaban J connectivity index is 2.23. The maximum absolute atomic E-state index is 13.0. The largest absolute Gasteiger partial charge is 0.344 e. The van der Waals surface area contributed by atoms with Gasteiger partial charge in [0.15, 0.2) is 0 Å². The standard InChI is InChI=1S/C15H14FN3O2S/c16-11-3-5-12(6-4-11)22(20,21)14-10-19(9-7-17)13-2-1-8-18-15(13)14/h1-6,8,10H,7,9,17H2. The molecule has 2 aromatic heterocycles. The molecule has 0 aliphatic carbocycles. The third-order valence-electron chi connectivity index (χ3n) is 3.39. The van der Waals surface area contributed by atoms with Crippen molar-refractivity contribution in [1.82, 2.24) is 9.55 Å². The average molecular weight is 319 g/mol. The van der Waals surface area contributed by atoms with Crippen molar-refractivity contribution < 1.29 is 12.8 Å². The quantitative estimate of drug-likeness (QED) is 0.746. The second-order valence-electron chi connectivity index (χ2n) is 4.80. The predicted octanol–water partition coefficient (Wildman–Crippen LogP) is 1.97. The Morgan fingerprint density at radius 3 is 2.59 bits per heavy atom. The second-order valence-corrected chi connectivity index (χ2v) is 6.72. The lowest BCUT2D eigenvalue weighted by atomic mass is 10.3. The summed E-state index contributed by atoms with van der Waals surface area (Å²) < 4.78 is 40.3. The van der Waals surface area contributed by atoms with Gasteiger partial charge in [0, 0.05) is 25.5 Å². The van der Waals surface area contributed by atoms with E-state index in [2.05, 4.69) is 4.98 Å². The van der Waals surface area contributed by atoms with Gasteiger partial charge in [0.25, 0.3) is 0 Å². The van der Waals surface area contributed by atoms with Crippen molar-refractivity contribution in [2.24, 2.45) is 5.73 Å². The van der Waals surface area contributed by atoms with E-state index in [-0.39, 0.29) is 9.79 Å². The van der Waals surface area contributed by atoms with Gasteiger partial charge in [0.1, 0.15) is 16.2 Å². The van der Waals surface area contributed by atoms with Gasteiger partial charge in [-0.2, -0.15) is 0 Å². The maximum atomic E-state index is 13.0. The number of rotatable bonds is 4. The molecule has 0 saturated carbocycles. The van der Waals surface area contributed by atoms with E-state index >= 15 is 0 Å². The van der Waals surface area contributed by atoms with Crippen LogP contribution >= 0.6 is 0 Å². The zero-order chi connectivity index (χ0) is 15.7. The molecule has 0 atom stereocenters. The first kappa shape index (κ1) is 14.7. The van der Waals surface area contributed by atoms with E-state index < -0.39 is 15.7 Å². The van der Waals surface area contributed by atoms with Gasteiger partial charge in [0.05, 0.1) is 10.4 Å². The molecule has 0 amide bonds. The first-order valence-corrected chi connectivity index (χ1v) is 8.17. The second kappa shape index (κ2) is 5.51. The highest BCUT2D eigenvalue weighted by atomic mass is 32.2. The average Bonchev–Trinajstić information content (AvgIpc) is 2.88. The van der Waals surface area contributed by atoms with Crippen LogP contribution in [0.1, 0.15) is 0 Å². The number of fused-ring (bicyclic) bond motifs is 1. The summed E-state index contributed by atoms with van der Waals surface area (Å²) in [5, 5.41) is 0. The van der Waals surface area contributed by atoms with Crippen LogP contribution < -0.4 is 5.73 Å². The smallest absolute Gasteiger partial charge is 0.210 e. The van der Waals surface area contributed by atoms with Crippen LogP contribution in [0.15, 0.2) is 58.6 Å². The Hall–Kier alpha value is -2.25. The predicted molar refractivity (Wildman–Crippen MR) is 80.6 cm³/mol. The van der Waals surface area contributed by atoms with E-state index in [9.17, 15) is 12.8 Å². The van der Waals surface area contributed by atoms with Crippen LogP contribution in [0.25, 0.3) is 11.0 Å². The lowest BCUT2D eigenvalue weighted by Gasteiger charge is -2.02. The molecule has 114 valence electrons. The number of hydrogen-bond acceptors (Lipinski definition) is 4. The number of hydrogen-bond donors (Lipinski definition) is 1. The highest BCUT2D eigenvalue weighted by Crippen LogP contribution is 2.28. The number of pyridine rings is 1. The molecule has 3 aromatic rings. The van der Waals surface area contributed by atoms with Gasteiger partial charge in [-0.3, -0.25) is 4.98 Å². The van der Waals surface area contributed by atoms with E-state index in [1.165, 1.54) is 18.3 Å². The molecule has 22 heavy (non-hydrogen) atoms. The Morgan fingerprint density at radius 1 is 1.18 bits per heavy atom. The fourth-order valence-corrected chi connectivity index (χ4v) is 3.78. The van der Waals surface area contributed by atoms with Crippen molar-refractivity contribution in [1.29, 1.82) is 0 Å². The molecule has 0 unspecified atom stereocenters. The minimum absolute atomic E-state index is 0.0337. The molecule has 0 radical (unpaired) electrons. The van der Waals surface area contributed by atoms with Gasteiger partial charge >= 0.3 is 0 Å². The summed E-state index contributed by atoms with van der Waals surface area (Å²) in [6.45, 7) is 0.871. The number of nitrogens with two attached hydrogens (primary N) is 1. The summed E-state index contributed by atoms with van der Waals surface area (Å²) in [6.07, 6.45) is 3.07. The van der Waals surface area contributed by atoms with Gasteiger partial charge in [-0.05, 0) is 36.4 Å². The van der Waals surface area contributed by atoms with E-state index in [0.29, 0.717) is 24.1 Å². The fourth-order valence-electron chi connectivity index (χ4n) is 2.35. The van der Waals surface area contributed by atoms with Gasteiger partial charge in [-0.15, -0.1) is 0 Å². The zero-order valence-corrected chi connectivity index (χ0v) is 12.4. The Bertz CT molecular complexity index is 918. The summed E-state index contributed by atoms with van der Waals surface area (Å²) in [5.74, 6) is -0.484. The molecule has 0 spiro atoms. The Labute approximate surface area is 127 Å². The van der Waals surface area contributed by atoms with Crippen molar-refractivity contribution >= 4 is 20.9 Å². The minimum Gasteiger partial charge on any atom is -0.344 e. The molecule has 0 fully saturated rings. The molecular formula is C15H14FN3O2S. The van der Waals surface area contributed by atoms with Crippen molar-refractivity contribution in [3.05, 3.63) is 54.6 Å². The van der Waals surface area contributed by atoms with Crippen LogP contribution in [0, 0.1) is 5.82 Å². The molecule has 0 bridgehead atoms. The SMILES string of the molecule is NCCn1cc(S(=O)(=O)c2ccc(F)cc2)c2ncccc21. The van der Waals surface area contributed by atoms with Crippen LogP contribution in [-0.4, -0.2) is 24.5 Å². The van der Waals surface area contributed by atoms with Gasteiger partial charge in [-0.25, -0.2) is 12.8 Å². The van der Waals surface area contributed by atoms with Gasteiger partial charge in [0.2, 0.25) is 9.84 Å². The molecule has 1 aromatic carbocycles. The number of aromatic nitrogens is 2. The van der Waals surface area contributed by atoms with Gasteiger partial charge in [-0.1, -0.05) is 0 Å². The van der Waals surface area contributed by atoms with Crippen LogP contribution in [0.3, 0.4) is 0 Å². The number of benzene rings is 1. The molecule has 0 saturated heterocycles. The maximum Gasteiger partial charge on any atom is 0.210 e. The Morgan fingerprint density at radius 2 is 1.91 bits per heavy atom. The first-order valence-electron chi connectivity index (χ1n) is 6.68. The molecule has 0 aliphatic heterocycles. The fraction of sp³-hybridized carbons (Fsp3) is 0.133. The monoisotopic (exact) mass is 319 g/mol. The van der Waals surface area contributed by atoms with E-state index in [0.717, 1.165) is 12.1 Å². The van der Waals surface area contributed by atoms with Crippen molar-refractivity contribution in [3.8, 4) is 0 Å². The first-order chi connectivity index (χ1) is 10.5. The van der Waals surface area contributed by atoms with Crippen LogP contribution in [0.5, 0.6) is 0 Å². The molecule has 5 nitrogen and oxygen atoms in total. The number of sulfone groups is 1. The molecule has 3 rings (SSSR count). The van der Waals surface area contributed by atoms with Crippen molar-refractivity contribution in [2.75, 3.05) is 6.54 Å². The van der Waals surface area contributed by atoms with E-state index in [4.69, 9.17) is 5.73 Å².